The zero-order valence-electron chi connectivity index (χ0n) is 17.2. The van der Waals surface area contributed by atoms with E-state index in [0.717, 1.165) is 22.9 Å². The van der Waals surface area contributed by atoms with Crippen LogP contribution in [0.3, 0.4) is 0 Å². The van der Waals surface area contributed by atoms with Crippen molar-refractivity contribution in [3.8, 4) is 11.5 Å². The van der Waals surface area contributed by atoms with Gasteiger partial charge in [-0.15, -0.1) is 0 Å². The standard InChI is InChI=1S/C23H24N4O2S/c1-23(2,3)26-11-9-15(13-26)21-20(17-6-4-5-10-24-17)25-22(30)27(21)16-7-8-18-19(12-16)29-14-28-18/h4-13,20-21H,14H2,1-3H3,(H,25,30)/t20-,21+/m0/s1. The van der Waals surface area contributed by atoms with E-state index < -0.39 is 0 Å². The molecule has 30 heavy (non-hydrogen) atoms. The number of nitrogens with one attached hydrogen (secondary N) is 1. The number of rotatable bonds is 3. The minimum Gasteiger partial charge on any atom is -0.454 e. The van der Waals surface area contributed by atoms with Crippen molar-refractivity contribution in [2.45, 2.75) is 38.4 Å². The van der Waals surface area contributed by atoms with E-state index in [-0.39, 0.29) is 24.4 Å². The highest BCUT2D eigenvalue weighted by molar-refractivity contribution is 7.80. The molecule has 0 spiro atoms. The first-order valence-electron chi connectivity index (χ1n) is 10.0. The molecule has 154 valence electrons. The number of ether oxygens (including phenoxy) is 2. The van der Waals surface area contributed by atoms with Crippen molar-refractivity contribution in [1.82, 2.24) is 14.9 Å². The van der Waals surface area contributed by atoms with Crippen molar-refractivity contribution in [3.05, 3.63) is 72.3 Å². The molecular formula is C23H24N4O2S. The van der Waals surface area contributed by atoms with E-state index in [1.54, 1.807) is 0 Å². The molecule has 1 fully saturated rings. The summed E-state index contributed by atoms with van der Waals surface area (Å²) in [6.45, 7) is 6.83. The Morgan fingerprint density at radius 1 is 1.10 bits per heavy atom. The Labute approximate surface area is 181 Å². The van der Waals surface area contributed by atoms with Crippen LogP contribution in [0, 0.1) is 0 Å². The summed E-state index contributed by atoms with van der Waals surface area (Å²) in [6.07, 6.45) is 6.15. The Kier molecular flexibility index (Phi) is 4.43. The molecule has 6 nitrogen and oxygen atoms in total. The van der Waals surface area contributed by atoms with Crippen molar-refractivity contribution in [1.29, 1.82) is 0 Å². The highest BCUT2D eigenvalue weighted by Gasteiger charge is 2.41. The van der Waals surface area contributed by atoms with Crippen LogP contribution >= 0.6 is 12.2 Å². The second-order valence-corrected chi connectivity index (χ2v) is 8.94. The molecule has 0 amide bonds. The zero-order chi connectivity index (χ0) is 20.9. The molecule has 1 N–H and O–H groups in total. The van der Waals surface area contributed by atoms with Crippen LogP contribution in [0.1, 0.15) is 44.1 Å². The average Bonchev–Trinajstić information content (AvgIpc) is 3.45. The number of benzene rings is 1. The van der Waals surface area contributed by atoms with E-state index in [4.69, 9.17) is 21.7 Å². The first-order valence-corrected chi connectivity index (χ1v) is 10.4. The zero-order valence-corrected chi connectivity index (χ0v) is 18.0. The van der Waals surface area contributed by atoms with E-state index in [1.807, 2.05) is 42.6 Å². The van der Waals surface area contributed by atoms with E-state index in [2.05, 4.69) is 59.0 Å². The Bertz CT molecular complexity index is 1090. The van der Waals surface area contributed by atoms with Crippen LogP contribution in [0.15, 0.2) is 61.1 Å². The third kappa shape index (κ3) is 3.19. The summed E-state index contributed by atoms with van der Waals surface area (Å²) in [4.78, 5) is 6.76. The van der Waals surface area contributed by atoms with Crippen molar-refractivity contribution < 1.29 is 9.47 Å². The van der Waals surface area contributed by atoms with Gasteiger partial charge in [0.15, 0.2) is 16.6 Å². The van der Waals surface area contributed by atoms with Gasteiger partial charge in [-0.1, -0.05) is 6.07 Å². The van der Waals surface area contributed by atoms with Crippen molar-refractivity contribution in [2.24, 2.45) is 0 Å². The van der Waals surface area contributed by atoms with E-state index in [1.165, 1.54) is 5.56 Å². The van der Waals surface area contributed by atoms with Crippen molar-refractivity contribution in [3.63, 3.8) is 0 Å². The highest BCUT2D eigenvalue weighted by atomic mass is 32.1. The molecule has 2 aliphatic heterocycles. The molecule has 4 heterocycles. The summed E-state index contributed by atoms with van der Waals surface area (Å²) in [7, 11) is 0. The van der Waals surface area contributed by atoms with Gasteiger partial charge in [-0.2, -0.15) is 0 Å². The average molecular weight is 421 g/mol. The van der Waals surface area contributed by atoms with Gasteiger partial charge in [0.25, 0.3) is 0 Å². The minimum atomic E-state index is -0.0695. The lowest BCUT2D eigenvalue weighted by atomic mass is 9.98. The van der Waals surface area contributed by atoms with Crippen LogP contribution in [-0.4, -0.2) is 21.5 Å². The number of hydrogen-bond acceptors (Lipinski definition) is 4. The number of fused-ring (bicyclic) bond motifs is 1. The van der Waals surface area contributed by atoms with Gasteiger partial charge in [0.2, 0.25) is 6.79 Å². The summed E-state index contributed by atoms with van der Waals surface area (Å²) < 4.78 is 13.3. The molecule has 7 heteroatoms. The van der Waals surface area contributed by atoms with Gasteiger partial charge >= 0.3 is 0 Å². The van der Waals surface area contributed by atoms with Gasteiger partial charge in [0.05, 0.1) is 17.8 Å². The summed E-state index contributed by atoms with van der Waals surface area (Å²) in [6, 6.07) is 14.0. The monoisotopic (exact) mass is 420 g/mol. The molecule has 0 radical (unpaired) electrons. The number of thiocarbonyl (C=S) groups is 1. The maximum atomic E-state index is 5.79. The fourth-order valence-electron chi connectivity index (χ4n) is 4.01. The number of aromatic nitrogens is 2. The molecule has 1 aromatic carbocycles. The molecule has 2 aromatic heterocycles. The lowest BCUT2D eigenvalue weighted by Crippen LogP contribution is -2.29. The molecule has 0 bridgehead atoms. The SMILES string of the molecule is CC(C)(C)n1ccc([C@@H]2[C@H](c3ccccn3)NC(=S)N2c2ccc3c(c2)OCO3)c1. The Balaban J connectivity index is 1.61. The quantitative estimate of drug-likeness (QED) is 0.628. The number of anilines is 1. The van der Waals surface area contributed by atoms with Gasteiger partial charge < -0.3 is 24.3 Å². The predicted octanol–water partition coefficient (Wildman–Crippen LogP) is 4.54. The maximum absolute atomic E-state index is 5.79. The molecule has 2 aliphatic rings. The van der Waals surface area contributed by atoms with Gasteiger partial charge in [-0.3, -0.25) is 4.98 Å². The smallest absolute Gasteiger partial charge is 0.231 e. The molecule has 3 aromatic rings. The van der Waals surface area contributed by atoms with Crippen molar-refractivity contribution >= 4 is 23.0 Å². The summed E-state index contributed by atoms with van der Waals surface area (Å²) in [5, 5.41) is 4.16. The van der Waals surface area contributed by atoms with Crippen LogP contribution < -0.4 is 19.7 Å². The van der Waals surface area contributed by atoms with Gasteiger partial charge in [-0.25, -0.2) is 0 Å². The molecule has 5 rings (SSSR count). The fourth-order valence-corrected chi connectivity index (χ4v) is 4.36. The molecule has 2 atom stereocenters. The Morgan fingerprint density at radius 2 is 1.93 bits per heavy atom. The van der Waals surface area contributed by atoms with Crippen molar-refractivity contribution in [2.75, 3.05) is 11.7 Å². The molecule has 0 unspecified atom stereocenters. The molecule has 0 aliphatic carbocycles. The topological polar surface area (TPSA) is 51.6 Å². The van der Waals surface area contributed by atoms with Crippen LogP contribution in [0.25, 0.3) is 0 Å². The first-order chi connectivity index (χ1) is 14.4. The first kappa shape index (κ1) is 18.9. The summed E-state index contributed by atoms with van der Waals surface area (Å²) in [5.41, 5.74) is 3.08. The highest BCUT2D eigenvalue weighted by Crippen LogP contribution is 2.44. The lowest BCUT2D eigenvalue weighted by Gasteiger charge is -2.28. The normalized spacial score (nSPS) is 20.5. The van der Waals surface area contributed by atoms with Crippen LogP contribution in [-0.2, 0) is 5.54 Å². The minimum absolute atomic E-state index is 0.00510. The third-order valence-electron chi connectivity index (χ3n) is 5.56. The second-order valence-electron chi connectivity index (χ2n) is 8.56. The largest absolute Gasteiger partial charge is 0.454 e. The van der Waals surface area contributed by atoms with Crippen LogP contribution in [0.2, 0.25) is 0 Å². The summed E-state index contributed by atoms with van der Waals surface area (Å²) >= 11 is 5.79. The van der Waals surface area contributed by atoms with Crippen LogP contribution in [0.4, 0.5) is 5.69 Å². The fraction of sp³-hybridized carbons (Fsp3) is 0.304. The number of nitrogens with zero attached hydrogens (tertiary/aromatic N) is 3. The van der Waals surface area contributed by atoms with Gasteiger partial charge in [0, 0.05) is 35.9 Å². The van der Waals surface area contributed by atoms with E-state index >= 15 is 0 Å². The van der Waals surface area contributed by atoms with E-state index in [0.29, 0.717) is 5.11 Å². The molecule has 1 saturated heterocycles. The van der Waals surface area contributed by atoms with Crippen LogP contribution in [0.5, 0.6) is 11.5 Å². The second kappa shape index (κ2) is 7.02. The maximum Gasteiger partial charge on any atom is 0.231 e. The molecular weight excluding hydrogens is 396 g/mol. The lowest BCUT2D eigenvalue weighted by molar-refractivity contribution is 0.174. The summed E-state index contributed by atoms with van der Waals surface area (Å²) in [5.74, 6) is 1.50. The number of pyridine rings is 1. The predicted molar refractivity (Wildman–Crippen MR) is 120 cm³/mol. The molecule has 0 saturated carbocycles. The van der Waals surface area contributed by atoms with E-state index in [9.17, 15) is 0 Å². The Hall–Kier alpha value is -3.06. The third-order valence-corrected chi connectivity index (χ3v) is 5.88. The Morgan fingerprint density at radius 3 is 2.67 bits per heavy atom. The van der Waals surface area contributed by atoms with Gasteiger partial charge in [-0.05, 0) is 68.9 Å². The van der Waals surface area contributed by atoms with Gasteiger partial charge in [0.1, 0.15) is 0 Å². The number of hydrogen-bond donors (Lipinski definition) is 1.